The van der Waals surface area contributed by atoms with Crippen molar-refractivity contribution in [1.29, 1.82) is 0 Å². The molecule has 0 bridgehead atoms. The summed E-state index contributed by atoms with van der Waals surface area (Å²) in [5.41, 5.74) is 1.39. The Morgan fingerprint density at radius 2 is 1.85 bits per heavy atom. The molecule has 2 fully saturated rings. The Hall–Kier alpha value is -3.40. The molecule has 1 saturated heterocycles. The van der Waals surface area contributed by atoms with Gasteiger partial charge in [0.25, 0.3) is 5.91 Å². The Bertz CT molecular complexity index is 1240. The number of hydrogen-bond donors (Lipinski definition) is 2. The van der Waals surface area contributed by atoms with E-state index in [1.807, 2.05) is 19.9 Å². The minimum absolute atomic E-state index is 0.0601. The topological polar surface area (TPSA) is 103 Å². The number of aromatic nitrogens is 2. The molecule has 2 amide bonds. The van der Waals surface area contributed by atoms with E-state index in [1.54, 1.807) is 37.4 Å². The monoisotopic (exact) mass is 549 g/mol. The minimum atomic E-state index is -0.543. The first-order valence-electron chi connectivity index (χ1n) is 14.5. The van der Waals surface area contributed by atoms with Gasteiger partial charge in [0.15, 0.2) is 5.82 Å². The molecule has 0 unspecified atom stereocenters. The van der Waals surface area contributed by atoms with Gasteiger partial charge in [-0.2, -0.15) is 4.98 Å². The number of nitrogens with one attached hydrogen (secondary N) is 2. The van der Waals surface area contributed by atoms with Gasteiger partial charge in [-0.25, -0.2) is 4.98 Å². The third-order valence-electron chi connectivity index (χ3n) is 8.70. The van der Waals surface area contributed by atoms with Crippen LogP contribution in [0.25, 0.3) is 0 Å². The highest BCUT2D eigenvalue weighted by molar-refractivity contribution is 6.01. The highest BCUT2D eigenvalue weighted by Crippen LogP contribution is 2.40. The predicted molar refractivity (Wildman–Crippen MR) is 158 cm³/mol. The molecule has 40 heavy (non-hydrogen) atoms. The lowest BCUT2D eigenvalue weighted by atomic mass is 9.91. The van der Waals surface area contributed by atoms with Gasteiger partial charge in [-0.05, 0) is 83.8 Å². The van der Waals surface area contributed by atoms with Crippen molar-refractivity contribution in [3.8, 4) is 5.75 Å². The van der Waals surface area contributed by atoms with Gasteiger partial charge in [-0.15, -0.1) is 0 Å². The zero-order chi connectivity index (χ0) is 28.4. The molecule has 0 spiro atoms. The van der Waals surface area contributed by atoms with Crippen LogP contribution in [0.3, 0.4) is 0 Å². The van der Waals surface area contributed by atoms with Crippen molar-refractivity contribution in [2.45, 2.75) is 58.4 Å². The molecule has 3 aliphatic rings. The second-order valence-corrected chi connectivity index (χ2v) is 12.2. The van der Waals surface area contributed by atoms with Crippen molar-refractivity contribution in [2.75, 3.05) is 62.5 Å². The molecular formula is C30H43N7O3. The highest BCUT2D eigenvalue weighted by atomic mass is 16.5. The largest absolute Gasteiger partial charge is 0.495 e. The van der Waals surface area contributed by atoms with Crippen molar-refractivity contribution < 1.29 is 14.3 Å². The summed E-state index contributed by atoms with van der Waals surface area (Å²) in [4.78, 5) is 42.0. The van der Waals surface area contributed by atoms with Crippen molar-refractivity contribution in [2.24, 2.45) is 11.3 Å². The maximum absolute atomic E-state index is 13.3. The Morgan fingerprint density at radius 3 is 2.55 bits per heavy atom. The van der Waals surface area contributed by atoms with Gasteiger partial charge in [-0.3, -0.25) is 9.59 Å². The fourth-order valence-corrected chi connectivity index (χ4v) is 6.19. The van der Waals surface area contributed by atoms with E-state index in [1.165, 1.54) is 12.8 Å². The SMILES string of the molecule is COc1cc(C(=O)NCC2CCN(C)CC2)ccc1Nc1ncc2c(n1)N(C1CCCC1)CC(C)(C)C(=O)N2C. The van der Waals surface area contributed by atoms with Crippen LogP contribution in [-0.4, -0.2) is 80.1 Å². The number of hydrogen-bond acceptors (Lipinski definition) is 8. The van der Waals surface area contributed by atoms with Crippen LogP contribution in [0.5, 0.6) is 5.75 Å². The molecule has 1 aromatic carbocycles. The number of piperidine rings is 1. The van der Waals surface area contributed by atoms with Gasteiger partial charge in [0.2, 0.25) is 11.9 Å². The predicted octanol–water partition coefficient (Wildman–Crippen LogP) is 4.05. The lowest BCUT2D eigenvalue weighted by Gasteiger charge is -2.34. The molecule has 0 radical (unpaired) electrons. The summed E-state index contributed by atoms with van der Waals surface area (Å²) in [5, 5.41) is 6.39. The number of benzene rings is 1. The van der Waals surface area contributed by atoms with Crippen LogP contribution in [-0.2, 0) is 4.79 Å². The molecule has 216 valence electrons. The summed E-state index contributed by atoms with van der Waals surface area (Å²) in [7, 11) is 5.53. The number of methoxy groups -OCH3 is 1. The molecule has 2 N–H and O–H groups in total. The van der Waals surface area contributed by atoms with Crippen LogP contribution in [0.2, 0.25) is 0 Å². The van der Waals surface area contributed by atoms with Crippen LogP contribution in [0.1, 0.15) is 62.7 Å². The fraction of sp³-hybridized carbons (Fsp3) is 0.600. The number of nitrogens with zero attached hydrogens (tertiary/aromatic N) is 5. The lowest BCUT2D eigenvalue weighted by molar-refractivity contribution is -0.125. The van der Waals surface area contributed by atoms with Gasteiger partial charge in [-0.1, -0.05) is 12.8 Å². The molecule has 1 aromatic heterocycles. The number of amides is 2. The van der Waals surface area contributed by atoms with E-state index >= 15 is 0 Å². The standard InChI is InChI=1S/C30H43N7O3/c1-30(2)19-37(22-8-6-7-9-22)26-24(36(4)28(30)39)18-32-29(34-26)33-23-11-10-21(16-25(23)40-5)27(38)31-17-20-12-14-35(3)15-13-20/h10-11,16,18,20,22H,6-9,12-15,17,19H2,1-5H3,(H,31,38)(H,32,33,34). The second-order valence-electron chi connectivity index (χ2n) is 12.2. The van der Waals surface area contributed by atoms with Crippen LogP contribution in [0.4, 0.5) is 23.1 Å². The third-order valence-corrected chi connectivity index (χ3v) is 8.70. The van der Waals surface area contributed by atoms with Crippen LogP contribution >= 0.6 is 0 Å². The molecule has 1 aliphatic carbocycles. The normalized spacial score (nSPS) is 20.3. The molecule has 0 atom stereocenters. The first kappa shape index (κ1) is 28.1. The Morgan fingerprint density at radius 1 is 1.12 bits per heavy atom. The van der Waals surface area contributed by atoms with Crippen molar-refractivity contribution >= 4 is 35.0 Å². The average molecular weight is 550 g/mol. The van der Waals surface area contributed by atoms with E-state index in [4.69, 9.17) is 9.72 Å². The molecule has 3 heterocycles. The van der Waals surface area contributed by atoms with E-state index in [-0.39, 0.29) is 11.8 Å². The van der Waals surface area contributed by atoms with Gasteiger partial charge in [0.1, 0.15) is 11.4 Å². The number of anilines is 4. The third kappa shape index (κ3) is 5.87. The Kier molecular flexibility index (Phi) is 8.16. The van der Waals surface area contributed by atoms with Gasteiger partial charge < -0.3 is 30.1 Å². The van der Waals surface area contributed by atoms with Gasteiger partial charge >= 0.3 is 0 Å². The summed E-state index contributed by atoms with van der Waals surface area (Å²) >= 11 is 0. The Balaban J connectivity index is 1.35. The van der Waals surface area contributed by atoms with Crippen LogP contribution in [0, 0.1) is 11.3 Å². The van der Waals surface area contributed by atoms with E-state index < -0.39 is 5.41 Å². The van der Waals surface area contributed by atoms with E-state index in [0.717, 1.165) is 50.3 Å². The number of rotatable bonds is 7. The Labute approximate surface area is 237 Å². The number of ether oxygens (including phenoxy) is 1. The summed E-state index contributed by atoms with van der Waals surface area (Å²) in [6.45, 7) is 7.44. The molecule has 2 aliphatic heterocycles. The number of likely N-dealkylation sites (tertiary alicyclic amines) is 1. The van der Waals surface area contributed by atoms with Crippen molar-refractivity contribution in [1.82, 2.24) is 20.2 Å². The zero-order valence-electron chi connectivity index (χ0n) is 24.5. The molecule has 10 heteroatoms. The van der Waals surface area contributed by atoms with E-state index in [2.05, 4.69) is 32.5 Å². The molecule has 5 rings (SSSR count). The van der Waals surface area contributed by atoms with Gasteiger partial charge in [0, 0.05) is 31.7 Å². The fourth-order valence-electron chi connectivity index (χ4n) is 6.19. The quantitative estimate of drug-likeness (QED) is 0.533. The zero-order valence-corrected chi connectivity index (χ0v) is 24.5. The summed E-state index contributed by atoms with van der Waals surface area (Å²) in [6, 6.07) is 5.71. The van der Waals surface area contributed by atoms with Gasteiger partial charge in [0.05, 0.1) is 24.4 Å². The summed E-state index contributed by atoms with van der Waals surface area (Å²) < 4.78 is 5.64. The number of fused-ring (bicyclic) bond motifs is 1. The smallest absolute Gasteiger partial charge is 0.251 e. The van der Waals surface area contributed by atoms with Crippen molar-refractivity contribution in [3.63, 3.8) is 0 Å². The first-order valence-corrected chi connectivity index (χ1v) is 14.5. The van der Waals surface area contributed by atoms with E-state index in [0.29, 0.717) is 48.0 Å². The number of carbonyl (C=O) groups is 2. The maximum Gasteiger partial charge on any atom is 0.251 e. The minimum Gasteiger partial charge on any atom is -0.495 e. The highest BCUT2D eigenvalue weighted by Gasteiger charge is 2.41. The van der Waals surface area contributed by atoms with Crippen LogP contribution < -0.4 is 25.2 Å². The maximum atomic E-state index is 13.3. The number of carbonyl (C=O) groups excluding carboxylic acids is 2. The second kappa shape index (κ2) is 11.6. The summed E-state index contributed by atoms with van der Waals surface area (Å²) in [6.07, 6.45) is 8.48. The lowest BCUT2D eigenvalue weighted by Crippen LogP contribution is -2.45. The first-order chi connectivity index (χ1) is 19.2. The van der Waals surface area contributed by atoms with Crippen molar-refractivity contribution in [3.05, 3.63) is 30.0 Å². The molecule has 10 nitrogen and oxygen atoms in total. The molecule has 2 aromatic rings. The average Bonchev–Trinajstić information content (AvgIpc) is 3.47. The molecular weight excluding hydrogens is 506 g/mol. The summed E-state index contributed by atoms with van der Waals surface area (Å²) in [5.74, 6) is 2.19. The van der Waals surface area contributed by atoms with Crippen LogP contribution in [0.15, 0.2) is 24.4 Å². The molecule has 1 saturated carbocycles. The van der Waals surface area contributed by atoms with E-state index in [9.17, 15) is 9.59 Å².